The molecule has 4 rings (SSSR count). The van der Waals surface area contributed by atoms with Crippen LogP contribution in [0.1, 0.15) is 44.7 Å². The minimum Gasteiger partial charge on any atom is -0.339 e. The molecule has 0 aromatic heterocycles. The molecule has 1 fully saturated rings. The summed E-state index contributed by atoms with van der Waals surface area (Å²) in [6.45, 7) is 5.00. The number of aryl methyl sites for hydroxylation is 2. The molecular formula is C26H27N3O4S. The number of anilines is 2. The third-order valence-corrected chi connectivity index (χ3v) is 7.37. The van der Waals surface area contributed by atoms with Crippen LogP contribution in [0.2, 0.25) is 0 Å². The lowest BCUT2D eigenvalue weighted by atomic mass is 10.1. The van der Waals surface area contributed by atoms with Crippen LogP contribution in [0.25, 0.3) is 0 Å². The number of benzene rings is 3. The number of rotatable bonds is 6. The van der Waals surface area contributed by atoms with Crippen LogP contribution in [0.15, 0.2) is 71.6 Å². The van der Waals surface area contributed by atoms with Crippen molar-refractivity contribution in [2.45, 2.75) is 31.6 Å². The van der Waals surface area contributed by atoms with Crippen molar-refractivity contribution in [2.24, 2.45) is 0 Å². The van der Waals surface area contributed by atoms with E-state index in [-0.39, 0.29) is 16.4 Å². The fourth-order valence-electron chi connectivity index (χ4n) is 3.93. The number of amides is 2. The topological polar surface area (TPSA) is 95.6 Å². The van der Waals surface area contributed by atoms with E-state index in [1.807, 2.05) is 19.1 Å². The van der Waals surface area contributed by atoms with E-state index in [1.54, 1.807) is 60.4 Å². The molecule has 0 unspecified atom stereocenters. The van der Waals surface area contributed by atoms with Gasteiger partial charge in [-0.2, -0.15) is 0 Å². The zero-order chi connectivity index (χ0) is 24.3. The van der Waals surface area contributed by atoms with Crippen LogP contribution in [0, 0.1) is 13.8 Å². The van der Waals surface area contributed by atoms with E-state index < -0.39 is 15.9 Å². The van der Waals surface area contributed by atoms with E-state index in [1.165, 1.54) is 6.07 Å². The maximum absolute atomic E-state index is 13.0. The van der Waals surface area contributed by atoms with E-state index in [4.69, 9.17) is 0 Å². The highest BCUT2D eigenvalue weighted by atomic mass is 32.2. The van der Waals surface area contributed by atoms with Crippen LogP contribution < -0.4 is 10.0 Å². The highest BCUT2D eigenvalue weighted by Gasteiger charge is 2.23. The molecule has 2 N–H and O–H groups in total. The maximum atomic E-state index is 13.0. The molecule has 0 bridgehead atoms. The van der Waals surface area contributed by atoms with Gasteiger partial charge in [-0.15, -0.1) is 0 Å². The fourth-order valence-corrected chi connectivity index (χ4v) is 5.26. The fraction of sp³-hybridized carbons (Fsp3) is 0.231. The van der Waals surface area contributed by atoms with Crippen molar-refractivity contribution in [3.05, 3.63) is 89.0 Å². The molecule has 1 heterocycles. The van der Waals surface area contributed by atoms with Gasteiger partial charge >= 0.3 is 0 Å². The number of nitrogens with one attached hydrogen (secondary N) is 2. The Kier molecular flexibility index (Phi) is 6.70. The van der Waals surface area contributed by atoms with Gasteiger partial charge in [0.2, 0.25) is 0 Å². The summed E-state index contributed by atoms with van der Waals surface area (Å²) in [6, 6.07) is 18.4. The van der Waals surface area contributed by atoms with E-state index in [0.29, 0.717) is 35.6 Å². The predicted molar refractivity (Wildman–Crippen MR) is 133 cm³/mol. The smallest absolute Gasteiger partial charge is 0.262 e. The van der Waals surface area contributed by atoms with Crippen molar-refractivity contribution in [3.8, 4) is 0 Å². The summed E-state index contributed by atoms with van der Waals surface area (Å²) in [5.41, 5.74) is 2.96. The van der Waals surface area contributed by atoms with Crippen LogP contribution >= 0.6 is 0 Å². The Morgan fingerprint density at radius 3 is 2.26 bits per heavy atom. The second-order valence-corrected chi connectivity index (χ2v) is 10.1. The average Bonchev–Trinajstić information content (AvgIpc) is 3.35. The first-order chi connectivity index (χ1) is 16.2. The Hall–Kier alpha value is -3.65. The number of nitrogens with zero attached hydrogens (tertiary/aromatic N) is 1. The molecule has 1 aliphatic rings. The monoisotopic (exact) mass is 477 g/mol. The van der Waals surface area contributed by atoms with Gasteiger partial charge in [0.25, 0.3) is 21.8 Å². The van der Waals surface area contributed by atoms with Crippen molar-refractivity contribution in [2.75, 3.05) is 23.1 Å². The lowest BCUT2D eigenvalue weighted by Crippen LogP contribution is -2.28. The number of hydrogen-bond donors (Lipinski definition) is 2. The summed E-state index contributed by atoms with van der Waals surface area (Å²) >= 11 is 0. The first-order valence-corrected chi connectivity index (χ1v) is 12.6. The Bertz CT molecular complexity index is 1330. The van der Waals surface area contributed by atoms with Crippen molar-refractivity contribution < 1.29 is 18.0 Å². The molecule has 0 radical (unpaired) electrons. The van der Waals surface area contributed by atoms with Crippen molar-refractivity contribution in [1.82, 2.24) is 4.90 Å². The zero-order valence-electron chi connectivity index (χ0n) is 19.2. The molecule has 3 aromatic carbocycles. The molecule has 0 atom stereocenters. The van der Waals surface area contributed by atoms with Gasteiger partial charge in [-0.1, -0.05) is 35.9 Å². The van der Waals surface area contributed by atoms with Gasteiger partial charge in [0.05, 0.1) is 16.1 Å². The molecular weight excluding hydrogens is 450 g/mol. The number of carbonyl (C=O) groups excluding carboxylic acids is 2. The van der Waals surface area contributed by atoms with Crippen molar-refractivity contribution >= 4 is 33.2 Å². The third-order valence-electron chi connectivity index (χ3n) is 5.84. The highest BCUT2D eigenvalue weighted by molar-refractivity contribution is 7.92. The summed E-state index contributed by atoms with van der Waals surface area (Å²) < 4.78 is 28.6. The molecule has 2 amide bonds. The summed E-state index contributed by atoms with van der Waals surface area (Å²) in [6.07, 6.45) is 1.94. The van der Waals surface area contributed by atoms with Gasteiger partial charge in [0.15, 0.2) is 0 Å². The van der Waals surface area contributed by atoms with Gasteiger partial charge in [0, 0.05) is 24.3 Å². The minimum atomic E-state index is -3.91. The van der Waals surface area contributed by atoms with Gasteiger partial charge in [0.1, 0.15) is 0 Å². The van der Waals surface area contributed by atoms with E-state index in [2.05, 4.69) is 10.0 Å². The average molecular weight is 478 g/mol. The van der Waals surface area contributed by atoms with E-state index >= 15 is 0 Å². The second kappa shape index (κ2) is 9.69. The van der Waals surface area contributed by atoms with E-state index in [9.17, 15) is 18.0 Å². The summed E-state index contributed by atoms with van der Waals surface area (Å²) in [7, 11) is -3.91. The molecule has 1 aliphatic heterocycles. The summed E-state index contributed by atoms with van der Waals surface area (Å²) in [5, 5.41) is 2.78. The van der Waals surface area contributed by atoms with Crippen LogP contribution in [-0.4, -0.2) is 38.2 Å². The molecule has 8 heteroatoms. The largest absolute Gasteiger partial charge is 0.339 e. The third kappa shape index (κ3) is 5.12. The van der Waals surface area contributed by atoms with Crippen LogP contribution in [0.5, 0.6) is 0 Å². The second-order valence-electron chi connectivity index (χ2n) is 8.45. The van der Waals surface area contributed by atoms with Gasteiger partial charge in [-0.25, -0.2) is 8.42 Å². The van der Waals surface area contributed by atoms with Gasteiger partial charge in [-0.3, -0.25) is 14.3 Å². The molecule has 176 valence electrons. The zero-order valence-corrected chi connectivity index (χ0v) is 20.0. The number of sulfonamides is 1. The minimum absolute atomic E-state index is 0.0159. The Morgan fingerprint density at radius 2 is 1.56 bits per heavy atom. The quantitative estimate of drug-likeness (QED) is 0.543. The Balaban J connectivity index is 1.58. The lowest BCUT2D eigenvalue weighted by molar-refractivity contribution is 0.0794. The van der Waals surface area contributed by atoms with Crippen LogP contribution in [-0.2, 0) is 10.0 Å². The Morgan fingerprint density at radius 1 is 0.882 bits per heavy atom. The molecule has 3 aromatic rings. The number of para-hydroxylation sites is 1. The SMILES string of the molecule is Cc1ccc(NS(=O)(=O)c2cc(C(=O)Nc3ccccc3C(=O)N3CCCC3)ccc2C)cc1. The molecule has 0 aliphatic carbocycles. The predicted octanol–water partition coefficient (Wildman–Crippen LogP) is 4.59. The molecule has 34 heavy (non-hydrogen) atoms. The maximum Gasteiger partial charge on any atom is 0.262 e. The first kappa shape index (κ1) is 23.5. The molecule has 0 saturated carbocycles. The Labute approximate surface area is 199 Å². The first-order valence-electron chi connectivity index (χ1n) is 11.1. The summed E-state index contributed by atoms with van der Waals surface area (Å²) in [5.74, 6) is -0.615. The number of likely N-dealkylation sites (tertiary alicyclic amines) is 1. The van der Waals surface area contributed by atoms with Gasteiger partial charge < -0.3 is 10.2 Å². The standard InChI is InChI=1S/C26H27N3O4S/c1-18-9-13-21(14-10-18)28-34(32,33)24-17-20(12-11-19(24)2)25(30)27-23-8-4-3-7-22(23)26(31)29-15-5-6-16-29/h3-4,7-14,17,28H,5-6,15-16H2,1-2H3,(H,27,30). The highest BCUT2D eigenvalue weighted by Crippen LogP contribution is 2.24. The van der Waals surface area contributed by atoms with Crippen LogP contribution in [0.3, 0.4) is 0 Å². The molecule has 0 spiro atoms. The van der Waals surface area contributed by atoms with Crippen LogP contribution in [0.4, 0.5) is 11.4 Å². The molecule has 7 nitrogen and oxygen atoms in total. The normalized spacial score (nSPS) is 13.5. The van der Waals surface area contributed by atoms with Crippen molar-refractivity contribution in [1.29, 1.82) is 0 Å². The summed E-state index contributed by atoms with van der Waals surface area (Å²) in [4.78, 5) is 27.7. The molecule has 1 saturated heterocycles. The van der Waals surface area contributed by atoms with Gasteiger partial charge in [-0.05, 0) is 68.7 Å². The van der Waals surface area contributed by atoms with Crippen molar-refractivity contribution in [3.63, 3.8) is 0 Å². The lowest BCUT2D eigenvalue weighted by Gasteiger charge is -2.18. The number of hydrogen-bond acceptors (Lipinski definition) is 4. The number of carbonyl (C=O) groups is 2. The van der Waals surface area contributed by atoms with E-state index in [0.717, 1.165) is 18.4 Å².